The van der Waals surface area contributed by atoms with Crippen LogP contribution in [0.4, 0.5) is 5.82 Å². The number of halogens is 1. The second kappa shape index (κ2) is 9.37. The predicted molar refractivity (Wildman–Crippen MR) is 118 cm³/mol. The maximum absolute atomic E-state index is 11.8. The molecule has 6 nitrogen and oxygen atoms in total. The quantitative estimate of drug-likeness (QED) is 0.725. The zero-order valence-electron chi connectivity index (χ0n) is 17.2. The molecule has 1 atom stereocenters. The van der Waals surface area contributed by atoms with Crippen LogP contribution in [-0.2, 0) is 11.2 Å². The number of amides is 1. The highest BCUT2D eigenvalue weighted by Gasteiger charge is 2.22. The maximum Gasteiger partial charge on any atom is 0.246 e. The van der Waals surface area contributed by atoms with Crippen LogP contribution in [0.25, 0.3) is 11.6 Å². The topological polar surface area (TPSA) is 84.1 Å². The van der Waals surface area contributed by atoms with Crippen LogP contribution in [0.1, 0.15) is 44.6 Å². The molecule has 0 radical (unpaired) electrons. The van der Waals surface area contributed by atoms with E-state index >= 15 is 0 Å². The van der Waals surface area contributed by atoms with E-state index in [1.54, 1.807) is 6.92 Å². The van der Waals surface area contributed by atoms with Crippen molar-refractivity contribution in [2.24, 2.45) is 5.73 Å². The molecule has 29 heavy (non-hydrogen) atoms. The van der Waals surface area contributed by atoms with E-state index < -0.39 is 5.91 Å². The van der Waals surface area contributed by atoms with Crippen molar-refractivity contribution < 1.29 is 4.79 Å². The molecule has 0 bridgehead atoms. The van der Waals surface area contributed by atoms with Gasteiger partial charge in [-0.25, -0.2) is 9.97 Å². The summed E-state index contributed by atoms with van der Waals surface area (Å²) in [7, 11) is 0. The van der Waals surface area contributed by atoms with Gasteiger partial charge in [0.15, 0.2) is 0 Å². The zero-order valence-corrected chi connectivity index (χ0v) is 18.0. The molecule has 154 valence electrons. The van der Waals surface area contributed by atoms with Crippen LogP contribution in [0.15, 0.2) is 24.3 Å². The molecular formula is C22H28ClN5O. The fraction of sp³-hybridized carbons (Fsp3) is 0.409. The molecule has 3 rings (SSSR count). The Balaban J connectivity index is 2.09. The summed E-state index contributed by atoms with van der Waals surface area (Å²) in [5, 5.41) is 5.70. The van der Waals surface area contributed by atoms with Gasteiger partial charge in [0.1, 0.15) is 11.6 Å². The van der Waals surface area contributed by atoms with E-state index in [0.29, 0.717) is 28.2 Å². The van der Waals surface area contributed by atoms with Crippen LogP contribution in [0.2, 0.25) is 5.02 Å². The van der Waals surface area contributed by atoms with Crippen molar-refractivity contribution in [3.05, 3.63) is 51.2 Å². The van der Waals surface area contributed by atoms with E-state index in [1.165, 1.54) is 6.42 Å². The van der Waals surface area contributed by atoms with E-state index in [0.717, 1.165) is 36.2 Å². The van der Waals surface area contributed by atoms with Crippen molar-refractivity contribution in [1.82, 2.24) is 14.9 Å². The first-order valence-corrected chi connectivity index (χ1v) is 10.4. The van der Waals surface area contributed by atoms with Crippen molar-refractivity contribution in [1.29, 1.82) is 0 Å². The molecule has 1 aliphatic rings. The minimum Gasteiger partial charge on any atom is -0.366 e. The monoisotopic (exact) mass is 413 g/mol. The predicted octanol–water partition coefficient (Wildman–Crippen LogP) is 2.01. The van der Waals surface area contributed by atoms with Crippen molar-refractivity contribution in [3.8, 4) is 0 Å². The summed E-state index contributed by atoms with van der Waals surface area (Å²) >= 11 is 6.09. The van der Waals surface area contributed by atoms with Crippen molar-refractivity contribution in [3.63, 3.8) is 0 Å². The molecule has 2 aromatic rings. The third-order valence-electron chi connectivity index (χ3n) is 5.29. The first kappa shape index (κ1) is 21.3. The smallest absolute Gasteiger partial charge is 0.246 e. The number of hydrogen-bond acceptors (Lipinski definition) is 5. The van der Waals surface area contributed by atoms with Crippen molar-refractivity contribution in [2.45, 2.75) is 39.7 Å². The number of aromatic nitrogens is 2. The molecule has 7 heteroatoms. The Kier molecular flexibility index (Phi) is 6.87. The summed E-state index contributed by atoms with van der Waals surface area (Å²) in [6.07, 6.45) is 3.81. The van der Waals surface area contributed by atoms with Crippen LogP contribution in [0.3, 0.4) is 0 Å². The molecule has 0 aliphatic carbocycles. The number of nitrogens with one attached hydrogen (secondary N) is 1. The highest BCUT2D eigenvalue weighted by Crippen LogP contribution is 2.22. The normalized spacial score (nSPS) is 16.9. The number of likely N-dealkylation sites (tertiary alicyclic amines) is 1. The minimum atomic E-state index is -0.477. The molecule has 1 amide bonds. The number of carbonyl (C=O) groups excluding carboxylic acids is 1. The standard InChI is InChI=1S/C22H28ClN5O/c1-4-17-20(14(3)21(24)29)26-19(5-2)27-22(17)25-18(13-28-11-6-12-28)15-7-9-16(23)10-8-15/h4,7-10,18H,5-6,11-13H2,1-3H3,(H2,24,29)(H,25,26,27). The molecule has 1 unspecified atom stereocenters. The summed E-state index contributed by atoms with van der Waals surface area (Å²) in [4.78, 5) is 23.5. The molecule has 2 heterocycles. The Morgan fingerprint density at radius 2 is 2.00 bits per heavy atom. The Morgan fingerprint density at radius 3 is 2.52 bits per heavy atom. The van der Waals surface area contributed by atoms with Crippen molar-refractivity contribution in [2.75, 3.05) is 25.0 Å². The fourth-order valence-corrected chi connectivity index (χ4v) is 3.50. The summed E-state index contributed by atoms with van der Waals surface area (Å²) in [6, 6.07) is 7.93. The zero-order chi connectivity index (χ0) is 21.0. The molecular weight excluding hydrogens is 386 g/mol. The summed E-state index contributed by atoms with van der Waals surface area (Å²) in [5.41, 5.74) is 7.11. The van der Waals surface area contributed by atoms with E-state index in [9.17, 15) is 4.79 Å². The van der Waals surface area contributed by atoms with Crippen LogP contribution in [0, 0.1) is 0 Å². The van der Waals surface area contributed by atoms with Gasteiger partial charge in [-0.3, -0.25) is 4.79 Å². The lowest BCUT2D eigenvalue weighted by molar-refractivity contribution is -0.112. The van der Waals surface area contributed by atoms with Gasteiger partial charge in [0, 0.05) is 28.8 Å². The lowest BCUT2D eigenvalue weighted by atomic mass is 10.0. The lowest BCUT2D eigenvalue weighted by Gasteiger charge is -2.34. The molecule has 3 N–H and O–H groups in total. The number of benzene rings is 1. The Bertz CT molecular complexity index is 999. The average molecular weight is 414 g/mol. The number of anilines is 1. The van der Waals surface area contributed by atoms with Gasteiger partial charge in [0.25, 0.3) is 0 Å². The van der Waals surface area contributed by atoms with Gasteiger partial charge in [-0.2, -0.15) is 0 Å². The summed E-state index contributed by atoms with van der Waals surface area (Å²) in [6.45, 7) is 8.68. The van der Waals surface area contributed by atoms with E-state index in [1.807, 2.05) is 44.2 Å². The average Bonchev–Trinajstić information content (AvgIpc) is 2.68. The van der Waals surface area contributed by atoms with Crippen molar-refractivity contribution >= 4 is 35.0 Å². The third kappa shape index (κ3) is 4.95. The van der Waals surface area contributed by atoms with Gasteiger partial charge in [-0.15, -0.1) is 0 Å². The lowest BCUT2D eigenvalue weighted by Crippen LogP contribution is -2.43. The van der Waals surface area contributed by atoms with Gasteiger partial charge >= 0.3 is 0 Å². The summed E-state index contributed by atoms with van der Waals surface area (Å²) in [5.74, 6) is 0.914. The third-order valence-corrected chi connectivity index (χ3v) is 5.55. The first-order valence-electron chi connectivity index (χ1n) is 10.0. The molecule has 1 saturated heterocycles. The van der Waals surface area contributed by atoms with E-state index in [2.05, 4.69) is 15.2 Å². The number of primary amides is 1. The molecule has 0 spiro atoms. The second-order valence-corrected chi connectivity index (χ2v) is 7.72. The number of hydrogen-bond donors (Lipinski definition) is 2. The number of carbonyl (C=O) groups is 1. The highest BCUT2D eigenvalue weighted by atomic mass is 35.5. The van der Waals surface area contributed by atoms with Crippen LogP contribution in [-0.4, -0.2) is 40.4 Å². The number of rotatable bonds is 7. The van der Waals surface area contributed by atoms with Gasteiger partial charge < -0.3 is 16.0 Å². The minimum absolute atomic E-state index is 0.0348. The molecule has 1 aromatic heterocycles. The van der Waals surface area contributed by atoms with Gasteiger partial charge in [0.05, 0.1) is 11.4 Å². The maximum atomic E-state index is 11.8. The van der Waals surface area contributed by atoms with Gasteiger partial charge in [-0.1, -0.05) is 36.7 Å². The Morgan fingerprint density at radius 1 is 1.31 bits per heavy atom. The molecule has 1 fully saturated rings. The largest absolute Gasteiger partial charge is 0.366 e. The van der Waals surface area contributed by atoms with Crippen LogP contribution >= 0.6 is 11.6 Å². The molecule has 1 aliphatic heterocycles. The Hall–Kier alpha value is -2.44. The number of nitrogens with two attached hydrogens (primary N) is 1. The first-order chi connectivity index (χ1) is 13.9. The SMILES string of the molecule is CC=c1c(NC(CN2CCC2)c2ccc(Cl)cc2)nc(CC)nc1=C(C)C(N)=O. The number of nitrogens with zero attached hydrogens (tertiary/aromatic N) is 3. The number of aryl methyl sites for hydroxylation is 1. The molecule has 1 aromatic carbocycles. The van der Waals surface area contributed by atoms with Crippen LogP contribution < -0.4 is 21.6 Å². The highest BCUT2D eigenvalue weighted by molar-refractivity contribution is 6.30. The summed E-state index contributed by atoms with van der Waals surface area (Å²) < 4.78 is 0. The second-order valence-electron chi connectivity index (χ2n) is 7.28. The van der Waals surface area contributed by atoms with Gasteiger partial charge in [0.2, 0.25) is 5.91 Å². The van der Waals surface area contributed by atoms with E-state index in [-0.39, 0.29) is 6.04 Å². The Labute approximate surface area is 176 Å². The van der Waals surface area contributed by atoms with E-state index in [4.69, 9.17) is 22.3 Å². The van der Waals surface area contributed by atoms with Crippen LogP contribution in [0.5, 0.6) is 0 Å². The fourth-order valence-electron chi connectivity index (χ4n) is 3.38. The van der Waals surface area contributed by atoms with Gasteiger partial charge in [-0.05, 0) is 51.1 Å². The molecule has 0 saturated carbocycles.